The van der Waals surface area contributed by atoms with E-state index in [1.54, 1.807) is 58.0 Å². The summed E-state index contributed by atoms with van der Waals surface area (Å²) in [5, 5.41) is 122. The number of carbonyl (C=O) groups excluding carboxylic acids is 12. The van der Waals surface area contributed by atoms with Crippen LogP contribution < -0.4 is 64.2 Å². The number of benzene rings is 2. The van der Waals surface area contributed by atoms with Crippen LogP contribution >= 0.6 is 11.8 Å². The van der Waals surface area contributed by atoms with E-state index in [2.05, 4.69) is 79.3 Å². The van der Waals surface area contributed by atoms with Crippen LogP contribution in [0.2, 0.25) is 0 Å². The molecule has 3 saturated heterocycles. The van der Waals surface area contributed by atoms with Crippen molar-refractivity contribution in [2.75, 3.05) is 44.7 Å². The maximum absolute atomic E-state index is 15.5. The third-order valence-corrected chi connectivity index (χ3v) is 22.1. The third kappa shape index (κ3) is 30.2. The molecule has 12 amide bonds. The number of rotatable bonds is 42. The molecule has 21 N–H and O–H groups in total. The summed E-state index contributed by atoms with van der Waals surface area (Å²) in [7, 11) is 0. The molecule has 114 heavy (non-hydrogen) atoms. The molecule has 0 aromatic heterocycles. The number of fused-ring (bicyclic) bond motifs is 2. The Hall–Kier alpha value is -8.13. The van der Waals surface area contributed by atoms with E-state index < -0.39 is 219 Å². The number of nitrogens with one attached hydrogen (secondary N) is 11. The summed E-state index contributed by atoms with van der Waals surface area (Å²) in [5.41, 5.74) is 6.37. The summed E-state index contributed by atoms with van der Waals surface area (Å²) in [6.45, 7) is 13.0. The number of phenolic OH excluding ortho intramolecular Hbond substituents is 1. The van der Waals surface area contributed by atoms with Crippen LogP contribution in [0.3, 0.4) is 0 Å². The van der Waals surface area contributed by atoms with Gasteiger partial charge in [0.2, 0.25) is 71.4 Å². The monoisotopic (exact) mass is 1620 g/mol. The number of hydrogen-bond acceptors (Lipinski definition) is 23. The lowest BCUT2D eigenvalue weighted by Crippen LogP contribution is -2.65. The summed E-state index contributed by atoms with van der Waals surface area (Å²) >= 11 is 1.45. The average Bonchev–Trinajstić information content (AvgIpc) is 1.61. The first kappa shape index (κ1) is 96.5. The van der Waals surface area contributed by atoms with Crippen molar-refractivity contribution < 1.29 is 98.4 Å². The zero-order chi connectivity index (χ0) is 84.5. The van der Waals surface area contributed by atoms with Crippen LogP contribution in [0.25, 0.3) is 0 Å². The molecule has 0 bridgehead atoms. The van der Waals surface area contributed by atoms with Gasteiger partial charge in [0.25, 0.3) is 0 Å². The van der Waals surface area contributed by atoms with Crippen molar-refractivity contribution in [3.63, 3.8) is 0 Å². The van der Waals surface area contributed by atoms with Crippen molar-refractivity contribution in [1.29, 1.82) is 0 Å². The summed E-state index contributed by atoms with van der Waals surface area (Å²) in [6, 6.07) is -3.79. The molecule has 1 unspecified atom stereocenters. The average molecular weight is 1630 g/mol. The van der Waals surface area contributed by atoms with E-state index in [4.69, 9.17) is 5.73 Å². The lowest BCUT2D eigenvalue weighted by atomic mass is 9.91. The fourth-order valence-corrected chi connectivity index (χ4v) is 14.9. The van der Waals surface area contributed by atoms with E-state index in [1.165, 1.54) is 23.9 Å². The first-order chi connectivity index (χ1) is 54.2. The highest BCUT2D eigenvalue weighted by Gasteiger charge is 2.50. The van der Waals surface area contributed by atoms with Crippen LogP contribution in [0.1, 0.15) is 182 Å². The number of phenols is 1. The Labute approximate surface area is 672 Å². The highest BCUT2D eigenvalue weighted by atomic mass is 32.2. The zero-order valence-corrected chi connectivity index (χ0v) is 68.1. The van der Waals surface area contributed by atoms with Gasteiger partial charge in [-0.15, -0.1) is 0 Å². The summed E-state index contributed by atoms with van der Waals surface area (Å²) < 4.78 is 0. The maximum Gasteiger partial charge on any atom is 0.248 e. The van der Waals surface area contributed by atoms with Crippen LogP contribution in [-0.2, 0) is 64.0 Å². The summed E-state index contributed by atoms with van der Waals surface area (Å²) in [4.78, 5) is 174. The number of aliphatic hydroxyl groups is 7. The predicted octanol–water partition coefficient (Wildman–Crippen LogP) is -1.50. The topological polar surface area (TPSA) is 532 Å². The number of thioether (sulfide) groups is 1. The highest BCUT2D eigenvalue weighted by molar-refractivity contribution is 7.98. The van der Waals surface area contributed by atoms with Gasteiger partial charge in [0.05, 0.1) is 30.5 Å². The van der Waals surface area contributed by atoms with Crippen LogP contribution in [0.5, 0.6) is 5.75 Å². The Morgan fingerprint density at radius 2 is 1.27 bits per heavy atom. The normalized spacial score (nSPS) is 24.3. The molecule has 5 rings (SSSR count). The Morgan fingerprint density at radius 3 is 1.90 bits per heavy atom. The van der Waals surface area contributed by atoms with Crippen molar-refractivity contribution in [3.8, 4) is 5.75 Å². The highest BCUT2D eigenvalue weighted by Crippen LogP contribution is 2.28. The number of amides is 12. The SMILES string of the molecule is CCC(C)[C@H](NC(=O)[C@H](CCSC)NC=O)C(=O)N[C@@H](Cc1ccccc1)C(=O)N[C@@H](CC(C)C)C(=O)NCC[C@@H](O)[C@@H]1NC(=O)[C@H]([C@H](O)[C@@H](O)c2ccc(O)cc2)NC(=O)[C@@H]2C[C@@H](O)CN2C(=O)[C@H]([C@@H](C)O)NC(=O)[C@@H](NC(=O)CCCCCCCC[C@@H](C)C[C@@H](C)CC)C[C@@H](O)[C@@H](NCCN)NC(=O)[C@@H]2[C@@H](O)CCN2C1=O. The molecule has 3 aliphatic rings. The smallest absolute Gasteiger partial charge is 0.248 e. The summed E-state index contributed by atoms with van der Waals surface area (Å²) in [5.74, 6) is -10.5. The molecule has 2 aromatic rings. The van der Waals surface area contributed by atoms with E-state index in [0.29, 0.717) is 48.8 Å². The molecular formula is C79H128N14O20S. The van der Waals surface area contributed by atoms with Gasteiger partial charge in [-0.3, -0.25) is 62.9 Å². The molecule has 21 atom stereocenters. The van der Waals surface area contributed by atoms with Gasteiger partial charge in [0.1, 0.15) is 84.5 Å². The van der Waals surface area contributed by atoms with E-state index in [9.17, 15) is 88.8 Å². The van der Waals surface area contributed by atoms with Crippen molar-refractivity contribution in [2.24, 2.45) is 29.4 Å². The van der Waals surface area contributed by atoms with Crippen LogP contribution in [0.4, 0.5) is 0 Å². The number of nitrogens with two attached hydrogens (primary N) is 1. The fourth-order valence-electron chi connectivity index (χ4n) is 14.4. The van der Waals surface area contributed by atoms with E-state index in [-0.39, 0.29) is 62.4 Å². The van der Waals surface area contributed by atoms with Gasteiger partial charge in [-0.1, -0.05) is 142 Å². The minimum atomic E-state index is -2.44. The number of hydrogen-bond donors (Lipinski definition) is 20. The Morgan fingerprint density at radius 1 is 0.640 bits per heavy atom. The lowest BCUT2D eigenvalue weighted by Gasteiger charge is -2.35. The lowest BCUT2D eigenvalue weighted by molar-refractivity contribution is -0.148. The molecule has 3 heterocycles. The van der Waals surface area contributed by atoms with Crippen molar-refractivity contribution >= 4 is 83.2 Å². The minimum Gasteiger partial charge on any atom is -0.508 e. The van der Waals surface area contributed by atoms with Gasteiger partial charge < -0.3 is 110 Å². The molecular weight excluding hydrogens is 1500 g/mol. The molecule has 0 spiro atoms. The van der Waals surface area contributed by atoms with E-state index in [1.807, 2.05) is 6.26 Å². The molecule has 3 aliphatic heterocycles. The Kier molecular flexibility index (Phi) is 41.5. The van der Waals surface area contributed by atoms with Crippen LogP contribution in [-0.4, -0.2) is 270 Å². The quantitative estimate of drug-likeness (QED) is 0.0266. The second-order valence-electron chi connectivity index (χ2n) is 31.2. The maximum atomic E-state index is 15.5. The van der Waals surface area contributed by atoms with Crippen LogP contribution in [0.15, 0.2) is 54.6 Å². The second-order valence-corrected chi connectivity index (χ2v) is 32.2. The van der Waals surface area contributed by atoms with Gasteiger partial charge in [-0.2, -0.15) is 11.8 Å². The van der Waals surface area contributed by atoms with Crippen LogP contribution in [0, 0.1) is 23.7 Å². The van der Waals surface area contributed by atoms with Gasteiger partial charge in [0, 0.05) is 58.4 Å². The Balaban J connectivity index is 1.53. The summed E-state index contributed by atoms with van der Waals surface area (Å²) in [6.07, 6.45) is -6.45. The standard InChI is InChI=1S/C79H128N14O20S/c1-10-45(5)38-46(6)21-17-14-12-13-15-20-24-61(101)84-56-41-60(100)69(81-34-32-80)91-77(111)66-59(99)30-35-92(66)79(113)64(89-76(110)65(68(103)67(102)50-25-27-51(96)28-26-50)90-74(108)57-40-52(97)42-93(57)78(112)63(48(8)95)88-73(56)107)58(98)29-33-82-70(104)54(37-44(3)4)85-72(106)55(39-49-22-18-16-19-23-49)86-75(109)62(47(7)11-2)87-71(105)53(83-43-94)31-36-114-9/h16,18-19,22-23,25-28,43-48,52-60,62-69,81,95-100,102-103H,10-15,17,20-21,24,29-42,80H2,1-9H3,(H,82,104)(H,83,94)(H,84,101)(H,85,106)(H,86,109)(H,87,105)(H,88,107)(H,89,110)(H,90,108)(H,91,111)/t45-,46+,47?,48+,52+,53-,54-,55-,56-,57-,58+,59-,60+,62-,63-,64-,65-,66-,67-,68-,69-/m0/s1. The number of nitrogens with zero attached hydrogens (tertiary/aromatic N) is 2. The molecule has 34 nitrogen and oxygen atoms in total. The van der Waals surface area contributed by atoms with Gasteiger partial charge in [-0.05, 0) is 104 Å². The first-order valence-corrected chi connectivity index (χ1v) is 41.6. The predicted molar refractivity (Wildman–Crippen MR) is 425 cm³/mol. The van der Waals surface area contributed by atoms with E-state index in [0.717, 1.165) is 73.8 Å². The van der Waals surface area contributed by atoms with Crippen molar-refractivity contribution in [1.82, 2.24) is 68.3 Å². The van der Waals surface area contributed by atoms with Gasteiger partial charge in [0.15, 0.2) is 0 Å². The van der Waals surface area contributed by atoms with Crippen molar-refractivity contribution in [2.45, 2.75) is 280 Å². The molecule has 640 valence electrons. The molecule has 2 aromatic carbocycles. The first-order valence-electron chi connectivity index (χ1n) is 40.2. The third-order valence-electron chi connectivity index (χ3n) is 21.4. The molecule has 0 aliphatic carbocycles. The van der Waals surface area contributed by atoms with E-state index >= 15 is 9.59 Å². The number of aromatic hydroxyl groups is 1. The Bertz CT molecular complexity index is 3410. The number of carbonyl (C=O) groups is 12. The minimum absolute atomic E-state index is 0.0143. The largest absolute Gasteiger partial charge is 0.508 e. The fraction of sp³-hybridized carbons (Fsp3) is 0.696. The molecule has 35 heteroatoms. The van der Waals surface area contributed by atoms with Gasteiger partial charge >= 0.3 is 0 Å². The number of unbranched alkanes of at least 4 members (excludes halogenated alkanes) is 5. The molecule has 0 radical (unpaired) electrons. The molecule has 3 fully saturated rings. The van der Waals surface area contributed by atoms with Gasteiger partial charge in [-0.25, -0.2) is 0 Å². The zero-order valence-electron chi connectivity index (χ0n) is 67.3. The molecule has 0 saturated carbocycles. The second kappa shape index (κ2) is 49.1. The van der Waals surface area contributed by atoms with Crippen molar-refractivity contribution in [3.05, 3.63) is 65.7 Å². The number of aliphatic hydroxyl groups excluding tert-OH is 7.